The smallest absolute Gasteiger partial charge is 0.223 e. The quantitative estimate of drug-likeness (QED) is 0.896. The minimum atomic E-state index is 0.244. The number of methoxy groups -OCH3 is 1. The molecule has 2 rings (SSSR count). The number of nitrogens with one attached hydrogen (secondary N) is 1. The SMILES string of the molecule is COc1ccc(C(C)CC(=O)N2CCNCC2)cc1. The first-order chi connectivity index (χ1) is 9.20. The Morgan fingerprint density at radius 2 is 1.95 bits per heavy atom. The van der Waals surface area contributed by atoms with Gasteiger partial charge in [-0.3, -0.25) is 4.79 Å². The molecule has 104 valence electrons. The standard InChI is InChI=1S/C15H22N2O2/c1-12(13-3-5-14(19-2)6-4-13)11-15(18)17-9-7-16-8-10-17/h3-6,12,16H,7-11H2,1-2H3. The second-order valence-electron chi connectivity index (χ2n) is 5.01. The highest BCUT2D eigenvalue weighted by molar-refractivity contribution is 5.77. The van der Waals surface area contributed by atoms with Crippen molar-refractivity contribution in [1.82, 2.24) is 10.2 Å². The highest BCUT2D eigenvalue weighted by Crippen LogP contribution is 2.22. The first kappa shape index (κ1) is 13.9. The summed E-state index contributed by atoms with van der Waals surface area (Å²) in [6, 6.07) is 7.96. The molecule has 0 saturated carbocycles. The lowest BCUT2D eigenvalue weighted by Crippen LogP contribution is -2.46. The molecule has 1 saturated heterocycles. The third-order valence-electron chi connectivity index (χ3n) is 3.64. The van der Waals surface area contributed by atoms with Crippen LogP contribution in [0.25, 0.3) is 0 Å². The summed E-state index contributed by atoms with van der Waals surface area (Å²) in [7, 11) is 1.66. The fourth-order valence-corrected chi connectivity index (χ4v) is 2.36. The predicted molar refractivity (Wildman–Crippen MR) is 75.5 cm³/mol. The van der Waals surface area contributed by atoms with Gasteiger partial charge in [0.2, 0.25) is 5.91 Å². The Labute approximate surface area is 114 Å². The molecule has 1 amide bonds. The van der Waals surface area contributed by atoms with Crippen molar-refractivity contribution in [2.24, 2.45) is 0 Å². The van der Waals surface area contributed by atoms with E-state index in [2.05, 4.69) is 12.2 Å². The highest BCUT2D eigenvalue weighted by atomic mass is 16.5. The minimum Gasteiger partial charge on any atom is -0.497 e. The second kappa shape index (κ2) is 6.57. The van der Waals surface area contributed by atoms with Crippen LogP contribution in [0.4, 0.5) is 0 Å². The zero-order valence-corrected chi connectivity index (χ0v) is 11.7. The molecular formula is C15H22N2O2. The van der Waals surface area contributed by atoms with Crippen molar-refractivity contribution in [3.63, 3.8) is 0 Å². The Morgan fingerprint density at radius 3 is 2.53 bits per heavy atom. The molecule has 0 aromatic heterocycles. The fraction of sp³-hybridized carbons (Fsp3) is 0.533. The van der Waals surface area contributed by atoms with Crippen molar-refractivity contribution in [1.29, 1.82) is 0 Å². The third kappa shape index (κ3) is 3.70. The molecular weight excluding hydrogens is 240 g/mol. The lowest BCUT2D eigenvalue weighted by atomic mass is 9.97. The van der Waals surface area contributed by atoms with E-state index in [1.165, 1.54) is 5.56 Å². The number of piperazine rings is 1. The van der Waals surface area contributed by atoms with E-state index in [1.54, 1.807) is 7.11 Å². The van der Waals surface area contributed by atoms with Gasteiger partial charge in [-0.15, -0.1) is 0 Å². The van der Waals surface area contributed by atoms with E-state index in [0.717, 1.165) is 31.9 Å². The zero-order chi connectivity index (χ0) is 13.7. The number of nitrogens with zero attached hydrogens (tertiary/aromatic N) is 1. The number of hydrogen-bond donors (Lipinski definition) is 1. The maximum atomic E-state index is 12.2. The van der Waals surface area contributed by atoms with Gasteiger partial charge < -0.3 is 15.0 Å². The fourth-order valence-electron chi connectivity index (χ4n) is 2.36. The van der Waals surface area contributed by atoms with Crippen LogP contribution in [0.15, 0.2) is 24.3 Å². The van der Waals surface area contributed by atoms with E-state index < -0.39 is 0 Å². The van der Waals surface area contributed by atoms with Gasteiger partial charge in [-0.25, -0.2) is 0 Å². The van der Waals surface area contributed by atoms with Gasteiger partial charge in [0.1, 0.15) is 5.75 Å². The number of hydrogen-bond acceptors (Lipinski definition) is 3. The van der Waals surface area contributed by atoms with Crippen LogP contribution in [-0.2, 0) is 4.79 Å². The number of benzene rings is 1. The maximum absolute atomic E-state index is 12.2. The Morgan fingerprint density at radius 1 is 1.32 bits per heavy atom. The summed E-state index contributed by atoms with van der Waals surface area (Å²) < 4.78 is 5.14. The molecule has 1 aliphatic heterocycles. The van der Waals surface area contributed by atoms with Crippen LogP contribution < -0.4 is 10.1 Å². The van der Waals surface area contributed by atoms with Crippen LogP contribution >= 0.6 is 0 Å². The Bertz CT molecular complexity index is 411. The van der Waals surface area contributed by atoms with Gasteiger partial charge in [0, 0.05) is 32.6 Å². The van der Waals surface area contributed by atoms with Gasteiger partial charge in [-0.05, 0) is 23.6 Å². The van der Waals surface area contributed by atoms with Crippen LogP contribution in [0.5, 0.6) is 5.75 Å². The molecule has 4 heteroatoms. The van der Waals surface area contributed by atoms with Crippen molar-refractivity contribution >= 4 is 5.91 Å². The Hall–Kier alpha value is -1.55. The maximum Gasteiger partial charge on any atom is 0.223 e. The Balaban J connectivity index is 1.91. The van der Waals surface area contributed by atoms with Gasteiger partial charge >= 0.3 is 0 Å². The van der Waals surface area contributed by atoms with E-state index >= 15 is 0 Å². The molecule has 0 aliphatic carbocycles. The average Bonchev–Trinajstić information content (AvgIpc) is 2.48. The summed E-state index contributed by atoms with van der Waals surface area (Å²) in [5.74, 6) is 1.35. The summed E-state index contributed by atoms with van der Waals surface area (Å²) >= 11 is 0. The monoisotopic (exact) mass is 262 g/mol. The molecule has 1 fully saturated rings. The van der Waals surface area contributed by atoms with E-state index in [9.17, 15) is 4.79 Å². The number of ether oxygens (including phenoxy) is 1. The van der Waals surface area contributed by atoms with Crippen molar-refractivity contribution in [2.45, 2.75) is 19.3 Å². The van der Waals surface area contributed by atoms with Crippen molar-refractivity contribution in [3.05, 3.63) is 29.8 Å². The molecule has 1 aliphatic rings. The Kier molecular flexibility index (Phi) is 4.80. The lowest BCUT2D eigenvalue weighted by Gasteiger charge is -2.28. The van der Waals surface area contributed by atoms with E-state index in [4.69, 9.17) is 4.74 Å². The second-order valence-corrected chi connectivity index (χ2v) is 5.01. The van der Waals surface area contributed by atoms with Crippen molar-refractivity contribution < 1.29 is 9.53 Å². The molecule has 1 aromatic rings. The largest absolute Gasteiger partial charge is 0.497 e. The number of carbonyl (C=O) groups is 1. The lowest BCUT2D eigenvalue weighted by molar-refractivity contribution is -0.132. The molecule has 1 heterocycles. The molecule has 1 N–H and O–H groups in total. The summed E-state index contributed by atoms with van der Waals surface area (Å²) in [4.78, 5) is 14.1. The molecule has 1 unspecified atom stereocenters. The summed E-state index contributed by atoms with van der Waals surface area (Å²) in [5, 5.41) is 3.26. The minimum absolute atomic E-state index is 0.244. The summed E-state index contributed by atoms with van der Waals surface area (Å²) in [5.41, 5.74) is 1.18. The van der Waals surface area contributed by atoms with Crippen molar-refractivity contribution in [3.8, 4) is 5.75 Å². The molecule has 1 atom stereocenters. The predicted octanol–water partition coefficient (Wildman–Crippen LogP) is 1.62. The van der Waals surface area contributed by atoms with Crippen molar-refractivity contribution in [2.75, 3.05) is 33.3 Å². The molecule has 1 aromatic carbocycles. The topological polar surface area (TPSA) is 41.6 Å². The number of amides is 1. The van der Waals surface area contributed by atoms with Crippen LogP contribution in [0.2, 0.25) is 0 Å². The molecule has 19 heavy (non-hydrogen) atoms. The number of rotatable bonds is 4. The van der Waals surface area contributed by atoms with E-state index in [-0.39, 0.29) is 11.8 Å². The van der Waals surface area contributed by atoms with Crippen LogP contribution in [0, 0.1) is 0 Å². The molecule has 0 radical (unpaired) electrons. The molecule has 0 bridgehead atoms. The van der Waals surface area contributed by atoms with Gasteiger partial charge in [-0.1, -0.05) is 19.1 Å². The average molecular weight is 262 g/mol. The van der Waals surface area contributed by atoms with Crippen LogP contribution in [0.3, 0.4) is 0 Å². The molecule has 0 spiro atoms. The van der Waals surface area contributed by atoms with Gasteiger partial charge in [0.05, 0.1) is 7.11 Å². The van der Waals surface area contributed by atoms with Gasteiger partial charge in [0.25, 0.3) is 0 Å². The summed E-state index contributed by atoms with van der Waals surface area (Å²) in [6.45, 7) is 5.57. The summed E-state index contributed by atoms with van der Waals surface area (Å²) in [6.07, 6.45) is 0.576. The van der Waals surface area contributed by atoms with E-state index in [1.807, 2.05) is 29.2 Å². The van der Waals surface area contributed by atoms with Gasteiger partial charge in [-0.2, -0.15) is 0 Å². The zero-order valence-electron chi connectivity index (χ0n) is 11.7. The van der Waals surface area contributed by atoms with Crippen LogP contribution in [0.1, 0.15) is 24.8 Å². The normalized spacial score (nSPS) is 17.1. The third-order valence-corrected chi connectivity index (χ3v) is 3.64. The van der Waals surface area contributed by atoms with E-state index in [0.29, 0.717) is 6.42 Å². The molecule has 4 nitrogen and oxygen atoms in total. The van der Waals surface area contributed by atoms with Crippen LogP contribution in [-0.4, -0.2) is 44.1 Å². The first-order valence-electron chi connectivity index (χ1n) is 6.83. The first-order valence-corrected chi connectivity index (χ1v) is 6.83. The highest BCUT2D eigenvalue weighted by Gasteiger charge is 2.19. The van der Waals surface area contributed by atoms with Gasteiger partial charge in [0.15, 0.2) is 0 Å². The number of carbonyl (C=O) groups excluding carboxylic acids is 1.